The van der Waals surface area contributed by atoms with Gasteiger partial charge in [0.25, 0.3) is 0 Å². The Morgan fingerprint density at radius 2 is 1.94 bits per heavy atom. The lowest BCUT2D eigenvalue weighted by Crippen LogP contribution is -2.19. The molecule has 0 aliphatic carbocycles. The van der Waals surface area contributed by atoms with Crippen molar-refractivity contribution in [3.8, 4) is 0 Å². The van der Waals surface area contributed by atoms with Crippen LogP contribution in [0.5, 0.6) is 0 Å². The molecular weight excluding hydrogens is 224 g/mol. The number of nitrogens with two attached hydrogens (primary N) is 1. The summed E-state index contributed by atoms with van der Waals surface area (Å²) >= 11 is 0. The van der Waals surface area contributed by atoms with E-state index in [0.29, 0.717) is 5.56 Å². The van der Waals surface area contributed by atoms with Gasteiger partial charge >= 0.3 is 0 Å². The number of rotatable bonds is 3. The molecule has 2 aromatic rings. The summed E-state index contributed by atoms with van der Waals surface area (Å²) in [5.74, 6) is 0.928. The first-order valence-electron chi connectivity index (χ1n) is 5.70. The first-order valence-corrected chi connectivity index (χ1v) is 5.70. The molecule has 0 bridgehead atoms. The molecule has 3 N–H and O–H groups in total. The zero-order chi connectivity index (χ0) is 13.1. The molecule has 1 aromatic heterocycles. The highest BCUT2D eigenvalue weighted by molar-refractivity contribution is 6.01. The molecule has 4 heteroatoms. The zero-order valence-electron chi connectivity index (χ0n) is 10.5. The van der Waals surface area contributed by atoms with Gasteiger partial charge < -0.3 is 10.6 Å². The van der Waals surface area contributed by atoms with Gasteiger partial charge in [0, 0.05) is 18.8 Å². The molecule has 0 amide bonds. The Kier molecular flexibility index (Phi) is 3.28. The molecule has 0 aliphatic rings. The molecule has 0 aliphatic heterocycles. The Labute approximate surface area is 107 Å². The molecule has 92 valence electrons. The number of amidine groups is 1. The van der Waals surface area contributed by atoms with E-state index in [2.05, 4.69) is 4.98 Å². The molecule has 18 heavy (non-hydrogen) atoms. The fourth-order valence-corrected chi connectivity index (χ4v) is 1.94. The number of anilines is 2. The number of aromatic nitrogens is 1. The van der Waals surface area contributed by atoms with Gasteiger partial charge in [0.2, 0.25) is 0 Å². The van der Waals surface area contributed by atoms with Gasteiger partial charge in [0.15, 0.2) is 0 Å². The van der Waals surface area contributed by atoms with Crippen LogP contribution in [0.15, 0.2) is 42.6 Å². The summed E-state index contributed by atoms with van der Waals surface area (Å²) in [4.78, 5) is 6.32. The smallest absolute Gasteiger partial charge is 0.135 e. The molecule has 0 saturated heterocycles. The van der Waals surface area contributed by atoms with Crippen LogP contribution in [0, 0.1) is 12.3 Å². The van der Waals surface area contributed by atoms with E-state index in [1.807, 2.05) is 55.3 Å². The minimum Gasteiger partial charge on any atom is -0.384 e. The van der Waals surface area contributed by atoms with Gasteiger partial charge in [-0.2, -0.15) is 0 Å². The largest absolute Gasteiger partial charge is 0.384 e. The van der Waals surface area contributed by atoms with Crippen LogP contribution in [0.1, 0.15) is 11.1 Å². The minimum absolute atomic E-state index is 0.0611. The first kappa shape index (κ1) is 12.1. The van der Waals surface area contributed by atoms with E-state index in [-0.39, 0.29) is 5.84 Å². The number of aryl methyl sites for hydroxylation is 1. The number of nitrogens with zero attached hydrogens (tertiary/aromatic N) is 2. The van der Waals surface area contributed by atoms with Crippen LogP contribution in [0.25, 0.3) is 0 Å². The quantitative estimate of drug-likeness (QED) is 0.639. The van der Waals surface area contributed by atoms with Gasteiger partial charge in [0.05, 0.1) is 5.69 Å². The lowest BCUT2D eigenvalue weighted by molar-refractivity contribution is 1.10. The number of nitrogen functional groups attached to an aromatic ring is 1. The van der Waals surface area contributed by atoms with Crippen molar-refractivity contribution in [3.63, 3.8) is 0 Å². The van der Waals surface area contributed by atoms with Crippen LogP contribution in [-0.4, -0.2) is 17.9 Å². The van der Waals surface area contributed by atoms with E-state index < -0.39 is 0 Å². The summed E-state index contributed by atoms with van der Waals surface area (Å²) in [6.45, 7) is 2.01. The maximum atomic E-state index is 7.62. The van der Waals surface area contributed by atoms with Crippen LogP contribution in [0.2, 0.25) is 0 Å². The fourth-order valence-electron chi connectivity index (χ4n) is 1.94. The Hall–Kier alpha value is -2.36. The van der Waals surface area contributed by atoms with Gasteiger partial charge in [-0.05, 0) is 30.7 Å². The van der Waals surface area contributed by atoms with Crippen molar-refractivity contribution in [2.45, 2.75) is 6.92 Å². The predicted octanol–water partition coefficient (Wildman–Crippen LogP) is 2.44. The Bertz CT molecular complexity index is 578. The summed E-state index contributed by atoms with van der Waals surface area (Å²) in [6, 6.07) is 11.5. The Morgan fingerprint density at radius 1 is 1.22 bits per heavy atom. The molecule has 2 rings (SSSR count). The summed E-state index contributed by atoms with van der Waals surface area (Å²) in [5.41, 5.74) is 8.28. The number of benzene rings is 1. The summed E-state index contributed by atoms with van der Waals surface area (Å²) in [6.07, 6.45) is 1.76. The second kappa shape index (κ2) is 4.87. The number of hydrogen-bond donors (Lipinski definition) is 2. The van der Waals surface area contributed by atoms with E-state index in [4.69, 9.17) is 11.1 Å². The molecule has 0 saturated carbocycles. The number of pyridine rings is 1. The molecule has 0 atom stereocenters. The molecule has 0 spiro atoms. The molecule has 0 unspecified atom stereocenters. The van der Waals surface area contributed by atoms with Crippen molar-refractivity contribution in [2.24, 2.45) is 5.73 Å². The van der Waals surface area contributed by atoms with Crippen molar-refractivity contribution >= 4 is 17.3 Å². The van der Waals surface area contributed by atoms with Gasteiger partial charge in [-0.15, -0.1) is 0 Å². The molecule has 0 fully saturated rings. The second-order valence-electron chi connectivity index (χ2n) is 4.13. The predicted molar refractivity (Wildman–Crippen MR) is 74.5 cm³/mol. The maximum absolute atomic E-state index is 7.62. The van der Waals surface area contributed by atoms with Gasteiger partial charge in [-0.3, -0.25) is 5.41 Å². The first-order chi connectivity index (χ1) is 8.61. The lowest BCUT2D eigenvalue weighted by Gasteiger charge is -2.22. The molecule has 1 heterocycles. The Morgan fingerprint density at radius 3 is 2.61 bits per heavy atom. The summed E-state index contributed by atoms with van der Waals surface area (Å²) in [5, 5.41) is 7.62. The third kappa shape index (κ3) is 2.18. The van der Waals surface area contributed by atoms with Crippen molar-refractivity contribution < 1.29 is 0 Å². The van der Waals surface area contributed by atoms with Crippen molar-refractivity contribution in [1.82, 2.24) is 4.98 Å². The third-order valence-electron chi connectivity index (χ3n) is 2.86. The monoisotopic (exact) mass is 240 g/mol. The molecule has 0 radical (unpaired) electrons. The van der Waals surface area contributed by atoms with Crippen LogP contribution in [-0.2, 0) is 0 Å². The van der Waals surface area contributed by atoms with Crippen LogP contribution in [0.3, 0.4) is 0 Å². The zero-order valence-corrected chi connectivity index (χ0v) is 10.5. The number of nitrogens with one attached hydrogen (secondary N) is 1. The van der Waals surface area contributed by atoms with E-state index in [1.165, 1.54) is 0 Å². The van der Waals surface area contributed by atoms with Crippen LogP contribution in [0.4, 0.5) is 11.5 Å². The van der Waals surface area contributed by atoms with E-state index in [1.54, 1.807) is 6.20 Å². The summed E-state index contributed by atoms with van der Waals surface area (Å²) < 4.78 is 0. The van der Waals surface area contributed by atoms with Gasteiger partial charge in [-0.25, -0.2) is 4.98 Å². The van der Waals surface area contributed by atoms with E-state index >= 15 is 0 Å². The average molecular weight is 240 g/mol. The highest BCUT2D eigenvalue weighted by Gasteiger charge is 2.12. The SMILES string of the molecule is Cc1cccnc1N(C)c1ccccc1C(=N)N. The normalized spacial score (nSPS) is 10.1. The number of hydrogen-bond acceptors (Lipinski definition) is 3. The molecule has 1 aromatic carbocycles. The van der Waals surface area contributed by atoms with Crippen molar-refractivity contribution in [3.05, 3.63) is 53.7 Å². The highest BCUT2D eigenvalue weighted by Crippen LogP contribution is 2.27. The third-order valence-corrected chi connectivity index (χ3v) is 2.86. The average Bonchev–Trinajstić information content (AvgIpc) is 2.38. The molecule has 4 nitrogen and oxygen atoms in total. The van der Waals surface area contributed by atoms with Crippen molar-refractivity contribution in [1.29, 1.82) is 5.41 Å². The van der Waals surface area contributed by atoms with Gasteiger partial charge in [-0.1, -0.05) is 18.2 Å². The Balaban J connectivity index is 2.50. The van der Waals surface area contributed by atoms with Crippen molar-refractivity contribution in [2.75, 3.05) is 11.9 Å². The fraction of sp³-hybridized carbons (Fsp3) is 0.143. The second-order valence-corrected chi connectivity index (χ2v) is 4.13. The molecular formula is C14H16N4. The number of para-hydroxylation sites is 1. The summed E-state index contributed by atoms with van der Waals surface area (Å²) in [7, 11) is 1.93. The lowest BCUT2D eigenvalue weighted by atomic mass is 10.1. The van der Waals surface area contributed by atoms with E-state index in [9.17, 15) is 0 Å². The van der Waals surface area contributed by atoms with Crippen LogP contribution >= 0.6 is 0 Å². The standard InChI is InChI=1S/C14H16N4/c1-10-6-5-9-17-14(10)18(2)12-8-4-3-7-11(12)13(15)16/h3-9H,1-2H3,(H3,15,16). The minimum atomic E-state index is 0.0611. The maximum Gasteiger partial charge on any atom is 0.135 e. The topological polar surface area (TPSA) is 66.0 Å². The van der Waals surface area contributed by atoms with Crippen LogP contribution < -0.4 is 10.6 Å². The van der Waals surface area contributed by atoms with Gasteiger partial charge in [0.1, 0.15) is 11.7 Å². The highest BCUT2D eigenvalue weighted by atomic mass is 15.2. The van der Waals surface area contributed by atoms with E-state index in [0.717, 1.165) is 17.1 Å².